The first-order chi connectivity index (χ1) is 8.70. The molecular formula is C13H16N4O. The van der Waals surface area contributed by atoms with Crippen LogP contribution < -0.4 is 5.32 Å². The fourth-order valence-corrected chi connectivity index (χ4v) is 1.45. The minimum atomic E-state index is -0.188. The Morgan fingerprint density at radius 1 is 1.39 bits per heavy atom. The minimum absolute atomic E-state index is 0.138. The van der Waals surface area contributed by atoms with Gasteiger partial charge < -0.3 is 5.32 Å². The zero-order chi connectivity index (χ0) is 13.0. The second-order valence-corrected chi connectivity index (χ2v) is 4.14. The number of hydrogen-bond donors (Lipinski definition) is 1. The lowest BCUT2D eigenvalue weighted by Gasteiger charge is -2.08. The van der Waals surface area contributed by atoms with Gasteiger partial charge in [-0.15, -0.1) is 5.10 Å². The molecule has 1 aromatic heterocycles. The lowest BCUT2D eigenvalue weighted by atomic mass is 10.2. The van der Waals surface area contributed by atoms with E-state index in [1.807, 2.05) is 44.2 Å². The lowest BCUT2D eigenvalue weighted by Crippen LogP contribution is -2.32. The third kappa shape index (κ3) is 2.74. The van der Waals surface area contributed by atoms with E-state index in [1.54, 1.807) is 0 Å². The molecule has 0 saturated carbocycles. The summed E-state index contributed by atoms with van der Waals surface area (Å²) in [5, 5.41) is 11.1. The van der Waals surface area contributed by atoms with E-state index < -0.39 is 0 Å². The van der Waals surface area contributed by atoms with Crippen molar-refractivity contribution in [1.29, 1.82) is 0 Å². The third-order valence-electron chi connectivity index (χ3n) is 2.70. The molecule has 1 unspecified atom stereocenters. The first-order valence-electron chi connectivity index (χ1n) is 5.99. The molecule has 2 aromatic rings. The second-order valence-electron chi connectivity index (χ2n) is 4.14. The quantitative estimate of drug-likeness (QED) is 0.892. The van der Waals surface area contributed by atoms with E-state index in [1.165, 1.54) is 11.0 Å². The Kier molecular flexibility index (Phi) is 3.72. The number of rotatable bonds is 4. The Bertz CT molecular complexity index is 521. The van der Waals surface area contributed by atoms with Crippen molar-refractivity contribution in [3.63, 3.8) is 0 Å². The van der Waals surface area contributed by atoms with Crippen LogP contribution in [-0.4, -0.2) is 26.9 Å². The van der Waals surface area contributed by atoms with Gasteiger partial charge in [0, 0.05) is 6.04 Å². The Balaban J connectivity index is 2.13. The van der Waals surface area contributed by atoms with Gasteiger partial charge >= 0.3 is 0 Å². The highest BCUT2D eigenvalue weighted by Gasteiger charge is 2.12. The van der Waals surface area contributed by atoms with E-state index in [2.05, 4.69) is 15.5 Å². The maximum Gasteiger partial charge on any atom is 0.273 e. The van der Waals surface area contributed by atoms with Gasteiger partial charge in [0.25, 0.3) is 5.91 Å². The molecule has 1 heterocycles. The van der Waals surface area contributed by atoms with Gasteiger partial charge in [0.2, 0.25) is 0 Å². The Hall–Kier alpha value is -2.17. The predicted molar refractivity (Wildman–Crippen MR) is 68.6 cm³/mol. The molecule has 1 aromatic carbocycles. The average molecular weight is 244 g/mol. The summed E-state index contributed by atoms with van der Waals surface area (Å²) in [6, 6.07) is 9.63. The number of aromatic nitrogens is 3. The van der Waals surface area contributed by atoms with Crippen LogP contribution in [0.1, 0.15) is 30.8 Å². The topological polar surface area (TPSA) is 59.8 Å². The molecule has 1 atom stereocenters. The molecule has 1 amide bonds. The maximum atomic E-state index is 11.8. The number of benzene rings is 1. The Morgan fingerprint density at radius 2 is 2.11 bits per heavy atom. The normalized spacial score (nSPS) is 12.1. The van der Waals surface area contributed by atoms with E-state index in [-0.39, 0.29) is 11.9 Å². The van der Waals surface area contributed by atoms with Crippen LogP contribution in [0.15, 0.2) is 36.5 Å². The van der Waals surface area contributed by atoms with Crippen molar-refractivity contribution in [3.05, 3.63) is 42.2 Å². The minimum Gasteiger partial charge on any atom is -0.348 e. The molecule has 94 valence electrons. The summed E-state index contributed by atoms with van der Waals surface area (Å²) in [7, 11) is 0. The SMILES string of the molecule is CCC(C)NC(=O)c1cnn(-c2ccccc2)n1. The summed E-state index contributed by atoms with van der Waals surface area (Å²) in [6.45, 7) is 3.98. The summed E-state index contributed by atoms with van der Waals surface area (Å²) in [4.78, 5) is 13.3. The monoisotopic (exact) mass is 244 g/mol. The van der Waals surface area contributed by atoms with Crippen molar-refractivity contribution >= 4 is 5.91 Å². The molecule has 5 heteroatoms. The van der Waals surface area contributed by atoms with Gasteiger partial charge in [0.1, 0.15) is 0 Å². The fraction of sp³-hybridized carbons (Fsp3) is 0.308. The molecule has 0 fully saturated rings. The molecule has 0 aliphatic carbocycles. The number of carbonyl (C=O) groups excluding carboxylic acids is 1. The molecule has 0 spiro atoms. The Morgan fingerprint density at radius 3 is 2.78 bits per heavy atom. The van der Waals surface area contributed by atoms with Crippen molar-refractivity contribution in [3.8, 4) is 5.69 Å². The lowest BCUT2D eigenvalue weighted by molar-refractivity contribution is 0.0934. The van der Waals surface area contributed by atoms with Crippen molar-refractivity contribution in [2.75, 3.05) is 0 Å². The fourth-order valence-electron chi connectivity index (χ4n) is 1.45. The number of para-hydroxylation sites is 1. The molecule has 1 N–H and O–H groups in total. The van der Waals surface area contributed by atoms with Crippen molar-refractivity contribution in [2.24, 2.45) is 0 Å². The highest BCUT2D eigenvalue weighted by atomic mass is 16.2. The standard InChI is InChI=1S/C13H16N4O/c1-3-10(2)15-13(18)12-9-14-17(16-12)11-7-5-4-6-8-11/h4-10H,3H2,1-2H3,(H,15,18). The summed E-state index contributed by atoms with van der Waals surface area (Å²) in [5.41, 5.74) is 1.17. The van der Waals surface area contributed by atoms with E-state index in [0.717, 1.165) is 12.1 Å². The molecule has 5 nitrogen and oxygen atoms in total. The van der Waals surface area contributed by atoms with Gasteiger partial charge in [-0.1, -0.05) is 25.1 Å². The number of hydrogen-bond acceptors (Lipinski definition) is 3. The average Bonchev–Trinajstić information content (AvgIpc) is 2.89. The number of nitrogens with one attached hydrogen (secondary N) is 1. The summed E-state index contributed by atoms with van der Waals surface area (Å²) in [5.74, 6) is -0.188. The first kappa shape index (κ1) is 12.3. The zero-order valence-electron chi connectivity index (χ0n) is 10.5. The van der Waals surface area contributed by atoms with Crippen LogP contribution in [0.5, 0.6) is 0 Å². The van der Waals surface area contributed by atoms with E-state index in [0.29, 0.717) is 5.69 Å². The zero-order valence-corrected chi connectivity index (χ0v) is 10.5. The smallest absolute Gasteiger partial charge is 0.273 e. The predicted octanol–water partition coefficient (Wildman–Crippen LogP) is 1.80. The van der Waals surface area contributed by atoms with Gasteiger partial charge in [0.15, 0.2) is 5.69 Å². The van der Waals surface area contributed by atoms with Crippen LogP contribution in [0.4, 0.5) is 0 Å². The highest BCUT2D eigenvalue weighted by molar-refractivity contribution is 5.92. The summed E-state index contributed by atoms with van der Waals surface area (Å²) in [6.07, 6.45) is 2.36. The Labute approximate surface area is 106 Å². The van der Waals surface area contributed by atoms with Crippen LogP contribution in [-0.2, 0) is 0 Å². The van der Waals surface area contributed by atoms with E-state index >= 15 is 0 Å². The van der Waals surface area contributed by atoms with Crippen molar-refractivity contribution in [2.45, 2.75) is 26.3 Å². The summed E-state index contributed by atoms with van der Waals surface area (Å²) >= 11 is 0. The van der Waals surface area contributed by atoms with Gasteiger partial charge in [-0.05, 0) is 25.5 Å². The number of nitrogens with zero attached hydrogens (tertiary/aromatic N) is 3. The largest absolute Gasteiger partial charge is 0.348 e. The van der Waals surface area contributed by atoms with Crippen LogP contribution in [0, 0.1) is 0 Å². The number of carbonyl (C=O) groups is 1. The maximum absolute atomic E-state index is 11.8. The van der Waals surface area contributed by atoms with Gasteiger partial charge in [-0.25, -0.2) is 0 Å². The number of amides is 1. The molecule has 0 saturated heterocycles. The molecule has 0 aliphatic heterocycles. The van der Waals surface area contributed by atoms with Gasteiger partial charge in [-0.2, -0.15) is 9.90 Å². The third-order valence-corrected chi connectivity index (χ3v) is 2.70. The van der Waals surface area contributed by atoms with Crippen molar-refractivity contribution in [1.82, 2.24) is 20.3 Å². The molecular weight excluding hydrogens is 228 g/mol. The molecule has 2 rings (SSSR count). The van der Waals surface area contributed by atoms with Gasteiger partial charge in [-0.3, -0.25) is 4.79 Å². The second kappa shape index (κ2) is 5.44. The molecule has 0 radical (unpaired) electrons. The summed E-state index contributed by atoms with van der Waals surface area (Å²) < 4.78 is 0. The van der Waals surface area contributed by atoms with Crippen LogP contribution in [0.25, 0.3) is 5.69 Å². The van der Waals surface area contributed by atoms with E-state index in [9.17, 15) is 4.79 Å². The van der Waals surface area contributed by atoms with E-state index in [4.69, 9.17) is 0 Å². The molecule has 0 bridgehead atoms. The highest BCUT2D eigenvalue weighted by Crippen LogP contribution is 2.04. The van der Waals surface area contributed by atoms with Crippen LogP contribution >= 0.6 is 0 Å². The van der Waals surface area contributed by atoms with Gasteiger partial charge in [0.05, 0.1) is 11.9 Å². The molecule has 18 heavy (non-hydrogen) atoms. The molecule has 0 aliphatic rings. The van der Waals surface area contributed by atoms with Crippen LogP contribution in [0.2, 0.25) is 0 Å². The first-order valence-corrected chi connectivity index (χ1v) is 5.99. The van der Waals surface area contributed by atoms with Crippen LogP contribution in [0.3, 0.4) is 0 Å². The van der Waals surface area contributed by atoms with Crippen molar-refractivity contribution < 1.29 is 4.79 Å².